The van der Waals surface area contributed by atoms with Crippen molar-refractivity contribution in [2.45, 2.75) is 71.6 Å². The average Bonchev–Trinajstić information content (AvgIpc) is 3.16. The molecule has 2 aromatic carbocycles. The Balaban J connectivity index is 1.62. The molecule has 0 aliphatic heterocycles. The molecule has 1 heterocycles. The molecule has 0 aliphatic rings. The molecule has 0 saturated carbocycles. The van der Waals surface area contributed by atoms with Crippen LogP contribution >= 0.6 is 0 Å². The molecule has 0 aliphatic carbocycles. The molecule has 0 spiro atoms. The molecular weight excluding hydrogens is 438 g/mol. The van der Waals surface area contributed by atoms with Crippen LogP contribution in [0, 0.1) is 0 Å². The number of aromatic nitrogens is 1. The first kappa shape index (κ1) is 26.5. The fourth-order valence-electron chi connectivity index (χ4n) is 4.56. The Morgan fingerprint density at radius 2 is 1.57 bits per heavy atom. The average molecular weight is 478 g/mol. The van der Waals surface area contributed by atoms with E-state index in [1.807, 2.05) is 48.5 Å². The lowest BCUT2D eigenvalue weighted by Crippen LogP contribution is -2.15. The van der Waals surface area contributed by atoms with E-state index < -0.39 is 5.97 Å². The van der Waals surface area contributed by atoms with Gasteiger partial charge in [-0.1, -0.05) is 82.2 Å². The van der Waals surface area contributed by atoms with Gasteiger partial charge in [-0.15, -0.1) is 0 Å². The number of fused-ring (bicyclic) bond motifs is 1. The second kappa shape index (κ2) is 13.7. The van der Waals surface area contributed by atoms with E-state index in [0.717, 1.165) is 28.6 Å². The number of Topliss-reactive ketones (excluding diaryl/α,β-unsaturated/α-hetero) is 1. The molecule has 0 radical (unpaired) electrons. The summed E-state index contributed by atoms with van der Waals surface area (Å²) in [4.78, 5) is 26.2. The van der Waals surface area contributed by atoms with Gasteiger partial charge in [0.1, 0.15) is 11.4 Å². The third-order valence-electron chi connectivity index (χ3n) is 6.38. The predicted octanol–water partition coefficient (Wildman–Crippen LogP) is 7.30. The largest absolute Gasteiger partial charge is 0.494 e. The highest BCUT2D eigenvalue weighted by Crippen LogP contribution is 2.28. The molecular formula is C30H39NO4. The van der Waals surface area contributed by atoms with Gasteiger partial charge in [-0.05, 0) is 37.1 Å². The predicted molar refractivity (Wildman–Crippen MR) is 141 cm³/mol. The monoisotopic (exact) mass is 477 g/mol. The van der Waals surface area contributed by atoms with Gasteiger partial charge in [-0.2, -0.15) is 0 Å². The molecule has 188 valence electrons. The summed E-state index contributed by atoms with van der Waals surface area (Å²) in [5, 5.41) is 0.769. The van der Waals surface area contributed by atoms with Gasteiger partial charge in [0.2, 0.25) is 0 Å². The fraction of sp³-hybridized carbons (Fsp3) is 0.467. The molecule has 0 unspecified atom stereocenters. The molecule has 5 heteroatoms. The Morgan fingerprint density at radius 1 is 0.857 bits per heavy atom. The second-order valence-corrected chi connectivity index (χ2v) is 9.09. The van der Waals surface area contributed by atoms with Crippen molar-refractivity contribution in [1.29, 1.82) is 0 Å². The summed E-state index contributed by atoms with van der Waals surface area (Å²) in [7, 11) is 1.80. The van der Waals surface area contributed by atoms with Gasteiger partial charge in [-0.25, -0.2) is 4.79 Å². The number of para-hydroxylation sites is 1. The number of rotatable bonds is 15. The van der Waals surface area contributed by atoms with Crippen molar-refractivity contribution in [3.63, 3.8) is 0 Å². The maximum Gasteiger partial charge on any atom is 0.355 e. The Hall–Kier alpha value is -3.08. The maximum absolute atomic E-state index is 13.4. The molecule has 1 aromatic heterocycles. The molecule has 0 atom stereocenters. The second-order valence-electron chi connectivity index (χ2n) is 9.09. The van der Waals surface area contributed by atoms with E-state index in [0.29, 0.717) is 17.9 Å². The summed E-state index contributed by atoms with van der Waals surface area (Å²) < 4.78 is 13.0. The first-order chi connectivity index (χ1) is 17.1. The number of carbonyl (C=O) groups excluding carboxylic acids is 2. The van der Waals surface area contributed by atoms with Crippen LogP contribution in [0.4, 0.5) is 0 Å². The van der Waals surface area contributed by atoms with Gasteiger partial charge in [0, 0.05) is 24.4 Å². The smallest absolute Gasteiger partial charge is 0.355 e. The van der Waals surface area contributed by atoms with Crippen LogP contribution in [-0.4, -0.2) is 29.5 Å². The van der Waals surface area contributed by atoms with E-state index in [-0.39, 0.29) is 18.8 Å². The van der Waals surface area contributed by atoms with Crippen LogP contribution in [0.5, 0.6) is 5.75 Å². The third kappa shape index (κ3) is 7.20. The van der Waals surface area contributed by atoms with E-state index >= 15 is 0 Å². The lowest BCUT2D eigenvalue weighted by Gasteiger charge is -2.09. The van der Waals surface area contributed by atoms with Crippen molar-refractivity contribution < 1.29 is 19.1 Å². The first-order valence-electron chi connectivity index (χ1n) is 13.1. The molecule has 35 heavy (non-hydrogen) atoms. The zero-order valence-electron chi connectivity index (χ0n) is 21.5. The van der Waals surface area contributed by atoms with Gasteiger partial charge in [0.05, 0.1) is 18.8 Å². The van der Waals surface area contributed by atoms with Gasteiger partial charge >= 0.3 is 5.97 Å². The number of ether oxygens (including phenoxy) is 2. The Labute approximate surface area is 209 Å². The number of nitrogens with zero attached hydrogens (tertiary/aromatic N) is 1. The number of carbonyl (C=O) groups is 2. The van der Waals surface area contributed by atoms with E-state index in [2.05, 4.69) is 6.92 Å². The van der Waals surface area contributed by atoms with Crippen LogP contribution in [0.3, 0.4) is 0 Å². The minimum atomic E-state index is -0.475. The zero-order valence-corrected chi connectivity index (χ0v) is 21.5. The van der Waals surface area contributed by atoms with Crippen LogP contribution in [0.1, 0.15) is 91.6 Å². The number of ketones is 1. The molecule has 0 saturated heterocycles. The summed E-state index contributed by atoms with van der Waals surface area (Å²) in [6.07, 6.45) is 10.3. The van der Waals surface area contributed by atoms with E-state index in [1.54, 1.807) is 18.5 Å². The molecule has 3 rings (SSSR count). The van der Waals surface area contributed by atoms with Gasteiger partial charge in [0.25, 0.3) is 0 Å². The van der Waals surface area contributed by atoms with E-state index in [4.69, 9.17) is 9.47 Å². The topological polar surface area (TPSA) is 57.5 Å². The minimum Gasteiger partial charge on any atom is -0.494 e. The van der Waals surface area contributed by atoms with Crippen molar-refractivity contribution in [1.82, 2.24) is 4.57 Å². The molecule has 0 N–H and O–H groups in total. The SMILES string of the molecule is CCCCCCCCCCOc1cccc(CC(=O)c2c(C(=O)OCC)n(C)c3ccccc23)c1. The summed E-state index contributed by atoms with van der Waals surface area (Å²) >= 11 is 0. The Kier molecular flexibility index (Phi) is 10.4. The summed E-state index contributed by atoms with van der Waals surface area (Å²) in [5.74, 6) is 0.198. The van der Waals surface area contributed by atoms with Crippen LogP contribution in [0.25, 0.3) is 10.9 Å². The number of esters is 1. The van der Waals surface area contributed by atoms with Crippen molar-refractivity contribution in [3.05, 3.63) is 65.4 Å². The zero-order chi connectivity index (χ0) is 25.0. The fourth-order valence-corrected chi connectivity index (χ4v) is 4.56. The highest BCUT2D eigenvalue weighted by atomic mass is 16.5. The first-order valence-corrected chi connectivity index (χ1v) is 13.1. The van der Waals surface area contributed by atoms with Crippen molar-refractivity contribution in [2.75, 3.05) is 13.2 Å². The number of aryl methyl sites for hydroxylation is 1. The van der Waals surface area contributed by atoms with E-state index in [1.165, 1.54) is 44.9 Å². The van der Waals surface area contributed by atoms with Gasteiger partial charge in [-0.3, -0.25) is 4.79 Å². The van der Waals surface area contributed by atoms with Gasteiger partial charge < -0.3 is 14.0 Å². The van der Waals surface area contributed by atoms with Crippen LogP contribution in [0.15, 0.2) is 48.5 Å². The van der Waals surface area contributed by atoms with Crippen LogP contribution in [0.2, 0.25) is 0 Å². The number of unbranched alkanes of at least 4 members (excludes halogenated alkanes) is 7. The Bertz CT molecular complexity index is 1110. The van der Waals surface area contributed by atoms with Gasteiger partial charge in [0.15, 0.2) is 5.78 Å². The number of benzene rings is 2. The van der Waals surface area contributed by atoms with Crippen molar-refractivity contribution in [2.24, 2.45) is 7.05 Å². The molecule has 0 amide bonds. The maximum atomic E-state index is 13.4. The van der Waals surface area contributed by atoms with Crippen molar-refractivity contribution in [3.8, 4) is 5.75 Å². The summed E-state index contributed by atoms with van der Waals surface area (Å²) in [6.45, 7) is 4.95. The Morgan fingerprint density at radius 3 is 2.31 bits per heavy atom. The van der Waals surface area contributed by atoms with Crippen molar-refractivity contribution >= 4 is 22.7 Å². The summed E-state index contributed by atoms with van der Waals surface area (Å²) in [6, 6.07) is 15.3. The van der Waals surface area contributed by atoms with E-state index in [9.17, 15) is 9.59 Å². The molecule has 3 aromatic rings. The standard InChI is InChI=1S/C30H39NO4/c1-4-6-7-8-9-10-11-14-20-35-24-17-15-16-23(21-24)22-27(32)28-25-18-12-13-19-26(25)31(3)29(28)30(33)34-5-2/h12-13,15-19,21H,4-11,14,20,22H2,1-3H3. The highest BCUT2D eigenvalue weighted by Gasteiger charge is 2.26. The van der Waals surface area contributed by atoms with Crippen LogP contribution in [-0.2, 0) is 18.2 Å². The molecule has 0 bridgehead atoms. The minimum absolute atomic E-state index is 0.106. The summed E-state index contributed by atoms with van der Waals surface area (Å²) in [5.41, 5.74) is 2.43. The molecule has 0 fully saturated rings. The lowest BCUT2D eigenvalue weighted by molar-refractivity contribution is 0.0512. The van der Waals surface area contributed by atoms with Crippen LogP contribution < -0.4 is 4.74 Å². The normalized spacial score (nSPS) is 11.1. The quantitative estimate of drug-likeness (QED) is 0.131. The lowest BCUT2D eigenvalue weighted by atomic mass is 10.00. The third-order valence-corrected chi connectivity index (χ3v) is 6.38. The highest BCUT2D eigenvalue weighted by molar-refractivity contribution is 6.16. The molecule has 5 nitrogen and oxygen atoms in total. The number of hydrogen-bond acceptors (Lipinski definition) is 4. The number of hydrogen-bond donors (Lipinski definition) is 0.